The number of piperidine rings is 2. The maximum atomic E-state index is 5.88. The maximum Gasteiger partial charge on any atom is 0.0325 e. The molecular formula is C19H31N3S. The summed E-state index contributed by atoms with van der Waals surface area (Å²) in [4.78, 5) is 4.04. The van der Waals surface area contributed by atoms with Gasteiger partial charge in [0.25, 0.3) is 0 Å². The fraction of sp³-hybridized carbons (Fsp3) is 0.684. The van der Waals surface area contributed by atoms with Crippen molar-refractivity contribution < 1.29 is 0 Å². The van der Waals surface area contributed by atoms with E-state index in [9.17, 15) is 0 Å². The predicted molar refractivity (Wildman–Crippen MR) is 101 cm³/mol. The van der Waals surface area contributed by atoms with Crippen LogP contribution in [0.4, 0.5) is 5.69 Å². The number of nitrogens with zero attached hydrogens (tertiary/aromatic N) is 2. The molecule has 3 nitrogen and oxygen atoms in total. The van der Waals surface area contributed by atoms with Crippen LogP contribution in [0, 0.1) is 5.92 Å². The van der Waals surface area contributed by atoms with Crippen LogP contribution < -0.4 is 5.73 Å². The first-order valence-electron chi connectivity index (χ1n) is 9.27. The van der Waals surface area contributed by atoms with Gasteiger partial charge in [0.1, 0.15) is 0 Å². The van der Waals surface area contributed by atoms with Gasteiger partial charge >= 0.3 is 0 Å². The van der Waals surface area contributed by atoms with E-state index in [1.807, 2.05) is 24.1 Å². The molecule has 0 amide bonds. The molecule has 1 aromatic carbocycles. The van der Waals surface area contributed by atoms with Crippen LogP contribution in [-0.4, -0.2) is 41.4 Å². The average molecular weight is 334 g/mol. The van der Waals surface area contributed by atoms with Crippen molar-refractivity contribution in [3.05, 3.63) is 24.3 Å². The second-order valence-corrected chi connectivity index (χ2v) is 8.26. The quantitative estimate of drug-likeness (QED) is 0.645. The van der Waals surface area contributed by atoms with Gasteiger partial charge in [-0.05, 0) is 74.8 Å². The third-order valence-electron chi connectivity index (χ3n) is 5.38. The minimum Gasteiger partial charge on any atom is -0.399 e. The molecular weight excluding hydrogens is 302 g/mol. The van der Waals surface area contributed by atoms with Crippen LogP contribution in [-0.2, 0) is 0 Å². The van der Waals surface area contributed by atoms with Crippen LogP contribution >= 0.6 is 11.9 Å². The average Bonchev–Trinajstić information content (AvgIpc) is 2.57. The Morgan fingerprint density at radius 2 is 1.83 bits per heavy atom. The molecule has 0 atom stereocenters. The van der Waals surface area contributed by atoms with Gasteiger partial charge in [-0.15, -0.1) is 0 Å². The highest BCUT2D eigenvalue weighted by Gasteiger charge is 2.28. The topological polar surface area (TPSA) is 32.5 Å². The summed E-state index contributed by atoms with van der Waals surface area (Å²) in [5, 5.41) is 0. The van der Waals surface area contributed by atoms with E-state index in [1.54, 1.807) is 0 Å². The normalized spacial score (nSPS) is 22.5. The Labute approximate surface area is 145 Å². The Morgan fingerprint density at radius 3 is 2.48 bits per heavy atom. The molecule has 3 rings (SSSR count). The number of nitrogen functional groups attached to an aromatic ring is 1. The second kappa shape index (κ2) is 8.41. The zero-order valence-electron chi connectivity index (χ0n) is 14.4. The van der Waals surface area contributed by atoms with Crippen LogP contribution in [0.1, 0.15) is 45.4 Å². The number of benzene rings is 1. The van der Waals surface area contributed by atoms with Crippen molar-refractivity contribution in [2.45, 2.75) is 56.4 Å². The zero-order valence-corrected chi connectivity index (χ0v) is 15.2. The number of rotatable bonds is 5. The molecule has 0 saturated carbocycles. The lowest BCUT2D eigenvalue weighted by molar-refractivity contribution is 0.0966. The summed E-state index contributed by atoms with van der Waals surface area (Å²) in [6, 6.07) is 9.06. The molecule has 2 N–H and O–H groups in total. The van der Waals surface area contributed by atoms with E-state index in [0.717, 1.165) is 17.6 Å². The van der Waals surface area contributed by atoms with E-state index in [1.165, 1.54) is 69.6 Å². The fourth-order valence-electron chi connectivity index (χ4n) is 4.03. The molecule has 0 aliphatic carbocycles. The smallest absolute Gasteiger partial charge is 0.0325 e. The minimum atomic E-state index is 0.815. The van der Waals surface area contributed by atoms with Gasteiger partial charge in [-0.1, -0.05) is 25.8 Å². The molecule has 4 heteroatoms. The van der Waals surface area contributed by atoms with E-state index < -0.39 is 0 Å². The second-order valence-electron chi connectivity index (χ2n) is 7.09. The van der Waals surface area contributed by atoms with E-state index in [4.69, 9.17) is 5.73 Å². The molecule has 2 fully saturated rings. The van der Waals surface area contributed by atoms with Crippen molar-refractivity contribution in [1.29, 1.82) is 0 Å². The van der Waals surface area contributed by atoms with Crippen molar-refractivity contribution in [2.24, 2.45) is 5.92 Å². The number of nitrogens with two attached hydrogens (primary N) is 1. The Kier molecular flexibility index (Phi) is 6.26. The summed E-state index contributed by atoms with van der Waals surface area (Å²) in [5.41, 5.74) is 6.74. The molecule has 0 spiro atoms. The summed E-state index contributed by atoms with van der Waals surface area (Å²) in [6.45, 7) is 7.37. The first kappa shape index (κ1) is 17.1. The highest BCUT2D eigenvalue weighted by Crippen LogP contribution is 2.30. The molecule has 1 aromatic rings. The van der Waals surface area contributed by atoms with Crippen molar-refractivity contribution in [1.82, 2.24) is 9.21 Å². The summed E-state index contributed by atoms with van der Waals surface area (Å²) in [7, 11) is 0. The summed E-state index contributed by atoms with van der Waals surface area (Å²) < 4.78 is 2.51. The first-order valence-corrected chi connectivity index (χ1v) is 10.0. The van der Waals surface area contributed by atoms with E-state index in [2.05, 4.69) is 28.3 Å². The highest BCUT2D eigenvalue weighted by molar-refractivity contribution is 7.97. The zero-order chi connectivity index (χ0) is 16.1. The number of hydrogen-bond donors (Lipinski definition) is 1. The maximum absolute atomic E-state index is 5.88. The van der Waals surface area contributed by atoms with Gasteiger partial charge in [0, 0.05) is 29.7 Å². The van der Waals surface area contributed by atoms with E-state index in [0.29, 0.717) is 0 Å². The van der Waals surface area contributed by atoms with Crippen LogP contribution in [0.5, 0.6) is 0 Å². The molecule has 128 valence electrons. The van der Waals surface area contributed by atoms with Crippen LogP contribution in [0.3, 0.4) is 0 Å². The van der Waals surface area contributed by atoms with Gasteiger partial charge in [-0.2, -0.15) is 0 Å². The monoisotopic (exact) mass is 333 g/mol. The molecule has 2 aliphatic rings. The van der Waals surface area contributed by atoms with Gasteiger partial charge in [0.05, 0.1) is 0 Å². The third kappa shape index (κ3) is 4.88. The number of hydrogen-bond acceptors (Lipinski definition) is 4. The van der Waals surface area contributed by atoms with Gasteiger partial charge in [0.15, 0.2) is 0 Å². The molecule has 2 aliphatic heterocycles. The molecule has 0 unspecified atom stereocenters. The molecule has 0 aromatic heterocycles. The van der Waals surface area contributed by atoms with Gasteiger partial charge in [-0.25, -0.2) is 4.31 Å². The van der Waals surface area contributed by atoms with Crippen molar-refractivity contribution in [3.63, 3.8) is 0 Å². The van der Waals surface area contributed by atoms with Crippen LogP contribution in [0.25, 0.3) is 0 Å². The predicted octanol–water partition coefficient (Wildman–Crippen LogP) is 4.25. The molecule has 23 heavy (non-hydrogen) atoms. The lowest BCUT2D eigenvalue weighted by Gasteiger charge is -2.41. The molecule has 0 bridgehead atoms. The van der Waals surface area contributed by atoms with Gasteiger partial charge in [0.2, 0.25) is 0 Å². The van der Waals surface area contributed by atoms with Crippen molar-refractivity contribution in [3.8, 4) is 0 Å². The van der Waals surface area contributed by atoms with Gasteiger partial charge in [-0.3, -0.25) is 0 Å². The lowest BCUT2D eigenvalue weighted by Crippen LogP contribution is -2.46. The van der Waals surface area contributed by atoms with Crippen LogP contribution in [0.2, 0.25) is 0 Å². The highest BCUT2D eigenvalue weighted by atomic mass is 32.2. The summed E-state index contributed by atoms with van der Waals surface area (Å²) >= 11 is 1.87. The summed E-state index contributed by atoms with van der Waals surface area (Å²) in [6.07, 6.45) is 8.26. The van der Waals surface area contributed by atoms with E-state index in [-0.39, 0.29) is 0 Å². The number of anilines is 1. The number of likely N-dealkylation sites (tertiary alicyclic amines) is 1. The SMILES string of the molecule is CCCC1CCN(C2CCN(Sc3cccc(N)c3)CC2)CC1. The largest absolute Gasteiger partial charge is 0.399 e. The molecule has 2 saturated heterocycles. The van der Waals surface area contributed by atoms with Gasteiger partial charge < -0.3 is 10.6 Å². The Balaban J connectivity index is 1.42. The Hall–Kier alpha value is -0.710. The Bertz CT molecular complexity index is 477. The van der Waals surface area contributed by atoms with Crippen LogP contribution in [0.15, 0.2) is 29.2 Å². The van der Waals surface area contributed by atoms with Crippen molar-refractivity contribution >= 4 is 17.6 Å². The fourth-order valence-corrected chi connectivity index (χ4v) is 5.05. The lowest BCUT2D eigenvalue weighted by atomic mass is 9.90. The molecule has 0 radical (unpaired) electrons. The standard InChI is InChI=1S/C19H31N3S/c1-2-4-16-7-11-21(12-8-16)18-9-13-22(14-10-18)23-19-6-3-5-17(20)15-19/h3,5-6,15-16,18H,2,4,7-14,20H2,1H3. The molecule has 2 heterocycles. The van der Waals surface area contributed by atoms with E-state index >= 15 is 0 Å². The third-order valence-corrected chi connectivity index (χ3v) is 6.47. The van der Waals surface area contributed by atoms with Crippen molar-refractivity contribution in [2.75, 3.05) is 31.9 Å². The minimum absolute atomic E-state index is 0.815. The first-order chi connectivity index (χ1) is 11.2. The Morgan fingerprint density at radius 1 is 1.09 bits per heavy atom. The summed E-state index contributed by atoms with van der Waals surface area (Å²) in [5.74, 6) is 0.996.